The van der Waals surface area contributed by atoms with Crippen LogP contribution in [-0.4, -0.2) is 67.8 Å². The maximum Gasteiger partial charge on any atom is 0.307 e. The minimum atomic E-state index is -4.01. The zero-order valence-corrected chi connectivity index (χ0v) is 24.9. The number of rotatable bonds is 13. The molecule has 0 radical (unpaired) electrons. The van der Waals surface area contributed by atoms with Crippen LogP contribution >= 0.6 is 0 Å². The number of carbonyl (C=O) groups is 1. The van der Waals surface area contributed by atoms with Gasteiger partial charge in [0.25, 0.3) is 0 Å². The van der Waals surface area contributed by atoms with E-state index in [-0.39, 0.29) is 35.7 Å². The Morgan fingerprint density at radius 1 is 1.05 bits per heavy atom. The van der Waals surface area contributed by atoms with Gasteiger partial charge in [-0.3, -0.25) is 4.79 Å². The van der Waals surface area contributed by atoms with E-state index in [1.165, 1.54) is 31.4 Å². The normalized spacial score (nSPS) is 14.7. The van der Waals surface area contributed by atoms with Crippen LogP contribution in [0.2, 0.25) is 0 Å². The first-order valence-electron chi connectivity index (χ1n) is 13.8. The quantitative estimate of drug-likeness (QED) is 0.278. The molecule has 0 bridgehead atoms. The second-order valence-corrected chi connectivity index (χ2v) is 13.6. The first-order valence-corrected chi connectivity index (χ1v) is 15.3. The summed E-state index contributed by atoms with van der Waals surface area (Å²) in [6.07, 6.45) is 2.00. The smallest absolute Gasteiger partial charge is 0.307 e. The summed E-state index contributed by atoms with van der Waals surface area (Å²) in [6, 6.07) is 20.4. The van der Waals surface area contributed by atoms with E-state index in [9.17, 15) is 18.3 Å². The number of carboxylic acids is 1. The minimum Gasteiger partial charge on any atom is -0.495 e. The van der Waals surface area contributed by atoms with Crippen LogP contribution in [0.5, 0.6) is 5.75 Å². The van der Waals surface area contributed by atoms with Gasteiger partial charge in [0.2, 0.25) is 10.0 Å². The number of nitrogens with zero attached hydrogens (tertiary/aromatic N) is 1. The molecule has 220 valence electrons. The van der Waals surface area contributed by atoms with Crippen LogP contribution in [0.3, 0.4) is 0 Å². The zero-order chi connectivity index (χ0) is 29.8. The molecule has 1 aliphatic carbocycles. The number of hydrogen-bond acceptors (Lipinski definition) is 6. The lowest BCUT2D eigenvalue weighted by Gasteiger charge is -2.31. The Kier molecular flexibility index (Phi) is 9.54. The summed E-state index contributed by atoms with van der Waals surface area (Å²) in [7, 11) is -1.16. The number of sulfonamides is 1. The van der Waals surface area contributed by atoms with Gasteiger partial charge in [0.05, 0.1) is 19.6 Å². The van der Waals surface area contributed by atoms with Crippen LogP contribution in [0.4, 0.5) is 0 Å². The SMILES string of the molecule is COc1ccc(-c2cccc(CC(=O)O)c2)cc1S(=O)(=O)N(C)C[C@H](O)CNC(C)(C)CC1Cc2ccccc2C1. The van der Waals surface area contributed by atoms with Crippen molar-refractivity contribution in [3.05, 3.63) is 83.4 Å². The fourth-order valence-electron chi connectivity index (χ4n) is 5.70. The molecule has 41 heavy (non-hydrogen) atoms. The number of aliphatic hydroxyl groups excluding tert-OH is 1. The Morgan fingerprint density at radius 2 is 1.71 bits per heavy atom. The van der Waals surface area contributed by atoms with Gasteiger partial charge in [0.15, 0.2) is 0 Å². The van der Waals surface area contributed by atoms with E-state index in [4.69, 9.17) is 9.84 Å². The van der Waals surface area contributed by atoms with Crippen molar-refractivity contribution in [2.75, 3.05) is 27.2 Å². The highest BCUT2D eigenvalue weighted by atomic mass is 32.2. The Labute approximate surface area is 243 Å². The van der Waals surface area contributed by atoms with E-state index in [1.54, 1.807) is 36.4 Å². The summed E-state index contributed by atoms with van der Waals surface area (Å²) >= 11 is 0. The molecule has 0 aromatic heterocycles. The molecule has 4 rings (SSSR count). The Balaban J connectivity index is 1.41. The lowest BCUT2D eigenvalue weighted by Crippen LogP contribution is -2.47. The molecule has 3 aromatic rings. The van der Waals surface area contributed by atoms with Crippen molar-refractivity contribution in [1.82, 2.24) is 9.62 Å². The molecule has 0 saturated heterocycles. The second kappa shape index (κ2) is 12.7. The number of fused-ring (bicyclic) bond motifs is 1. The van der Waals surface area contributed by atoms with E-state index in [2.05, 4.69) is 43.4 Å². The number of aliphatic hydroxyl groups is 1. The number of aliphatic carboxylic acids is 1. The Hall–Kier alpha value is -3.24. The third-order valence-electron chi connectivity index (χ3n) is 7.69. The highest BCUT2D eigenvalue weighted by molar-refractivity contribution is 7.89. The fraction of sp³-hybridized carbons (Fsp3) is 0.406. The van der Waals surface area contributed by atoms with Crippen molar-refractivity contribution in [2.45, 2.75) is 56.1 Å². The molecule has 3 N–H and O–H groups in total. The predicted octanol–water partition coefficient (Wildman–Crippen LogP) is 4.14. The lowest BCUT2D eigenvalue weighted by atomic mass is 9.88. The van der Waals surface area contributed by atoms with Gasteiger partial charge in [-0.15, -0.1) is 0 Å². The molecule has 0 spiro atoms. The van der Waals surface area contributed by atoms with Gasteiger partial charge in [0.1, 0.15) is 10.6 Å². The van der Waals surface area contributed by atoms with Crippen molar-refractivity contribution < 1.29 is 28.2 Å². The van der Waals surface area contributed by atoms with Crippen molar-refractivity contribution in [2.24, 2.45) is 5.92 Å². The summed E-state index contributed by atoms with van der Waals surface area (Å²) in [5.74, 6) is -0.226. The molecule has 0 saturated carbocycles. The standard InChI is InChI=1S/C32H40N2O6S/c1-32(2,19-23-15-24-9-5-6-10-25(24)16-23)33-20-28(35)21-34(3)41(38,39)30-18-27(12-13-29(30)40-4)26-11-7-8-22(14-26)17-31(36)37/h5-14,18,23,28,33,35H,15-17,19-21H2,1-4H3,(H,36,37)/t28-/m1/s1. The van der Waals surface area contributed by atoms with Gasteiger partial charge in [-0.1, -0.05) is 54.6 Å². The largest absolute Gasteiger partial charge is 0.495 e. The highest BCUT2D eigenvalue weighted by Crippen LogP contribution is 2.33. The molecule has 0 fully saturated rings. The van der Waals surface area contributed by atoms with Crippen molar-refractivity contribution in [1.29, 1.82) is 0 Å². The fourth-order valence-corrected chi connectivity index (χ4v) is 7.09. The number of nitrogens with one attached hydrogen (secondary N) is 1. The van der Waals surface area contributed by atoms with Gasteiger partial charge in [-0.05, 0) is 79.0 Å². The first-order chi connectivity index (χ1) is 19.4. The topological polar surface area (TPSA) is 116 Å². The van der Waals surface area contributed by atoms with E-state index in [0.29, 0.717) is 22.6 Å². The lowest BCUT2D eigenvalue weighted by molar-refractivity contribution is -0.136. The number of hydrogen-bond donors (Lipinski definition) is 3. The number of carboxylic acid groups (broad SMARTS) is 1. The molecule has 8 nitrogen and oxygen atoms in total. The maximum absolute atomic E-state index is 13.6. The zero-order valence-electron chi connectivity index (χ0n) is 24.1. The van der Waals surface area contributed by atoms with Crippen LogP contribution < -0.4 is 10.1 Å². The average molecular weight is 581 g/mol. The van der Waals surface area contributed by atoms with E-state index >= 15 is 0 Å². The highest BCUT2D eigenvalue weighted by Gasteiger charge is 2.30. The maximum atomic E-state index is 13.6. The molecule has 0 unspecified atom stereocenters. The Morgan fingerprint density at radius 3 is 2.34 bits per heavy atom. The number of benzene rings is 3. The third kappa shape index (κ3) is 7.74. The van der Waals surface area contributed by atoms with E-state index in [0.717, 1.165) is 23.6 Å². The summed E-state index contributed by atoms with van der Waals surface area (Å²) in [4.78, 5) is 11.1. The van der Waals surface area contributed by atoms with Crippen molar-refractivity contribution in [3.63, 3.8) is 0 Å². The van der Waals surface area contributed by atoms with Crippen LogP contribution in [0.15, 0.2) is 71.6 Å². The first kappa shape index (κ1) is 30.7. The van der Waals surface area contributed by atoms with E-state index in [1.807, 2.05) is 0 Å². The van der Waals surface area contributed by atoms with Crippen molar-refractivity contribution in [3.8, 4) is 16.9 Å². The second-order valence-electron chi connectivity index (χ2n) is 11.6. The predicted molar refractivity (Wildman–Crippen MR) is 160 cm³/mol. The molecule has 1 aliphatic rings. The number of methoxy groups -OCH3 is 1. The molecule has 1 atom stereocenters. The van der Waals surface area contributed by atoms with E-state index < -0.39 is 22.1 Å². The molecule has 9 heteroatoms. The van der Waals surface area contributed by atoms with Crippen LogP contribution in [0.1, 0.15) is 37.0 Å². The molecule has 3 aromatic carbocycles. The Bertz CT molecular complexity index is 1460. The summed E-state index contributed by atoms with van der Waals surface area (Å²) in [5.41, 5.74) is 4.52. The molecule has 0 amide bonds. The summed E-state index contributed by atoms with van der Waals surface area (Å²) in [5, 5.41) is 23.4. The molecular formula is C32H40N2O6S. The third-order valence-corrected chi connectivity index (χ3v) is 9.53. The van der Waals surface area contributed by atoms with Crippen LogP contribution in [0, 0.1) is 5.92 Å². The van der Waals surface area contributed by atoms with Gasteiger partial charge in [0, 0.05) is 25.7 Å². The van der Waals surface area contributed by atoms with Crippen LogP contribution in [0.25, 0.3) is 11.1 Å². The molecule has 0 heterocycles. The monoisotopic (exact) mass is 580 g/mol. The van der Waals surface area contributed by atoms with Gasteiger partial charge >= 0.3 is 5.97 Å². The average Bonchev–Trinajstić information content (AvgIpc) is 3.33. The number of ether oxygens (including phenoxy) is 1. The summed E-state index contributed by atoms with van der Waals surface area (Å²) in [6.45, 7) is 4.39. The summed E-state index contributed by atoms with van der Waals surface area (Å²) < 4.78 is 33.8. The van der Waals surface area contributed by atoms with Gasteiger partial charge in [-0.2, -0.15) is 4.31 Å². The van der Waals surface area contributed by atoms with Gasteiger partial charge in [-0.25, -0.2) is 8.42 Å². The number of β-amino-alcohol motifs (C(OH)–C–C–N with tert-alkyl or cyclic N) is 1. The minimum absolute atomic E-state index is 0.0232. The van der Waals surface area contributed by atoms with Crippen molar-refractivity contribution >= 4 is 16.0 Å². The number of likely N-dealkylation sites (N-methyl/N-ethyl adjacent to an activating group) is 1. The molecule has 0 aliphatic heterocycles. The van der Waals surface area contributed by atoms with Gasteiger partial charge < -0.3 is 20.3 Å². The van der Waals surface area contributed by atoms with Crippen LogP contribution in [-0.2, 0) is 34.1 Å². The molecular weight excluding hydrogens is 540 g/mol.